The number of hydrogen-bond donors (Lipinski definition) is 1. The van der Waals surface area contributed by atoms with Crippen molar-refractivity contribution in [1.82, 2.24) is 25.2 Å². The summed E-state index contributed by atoms with van der Waals surface area (Å²) < 4.78 is 6.82. The summed E-state index contributed by atoms with van der Waals surface area (Å²) in [5.74, 6) is -0.910. The zero-order chi connectivity index (χ0) is 19.5. The summed E-state index contributed by atoms with van der Waals surface area (Å²) in [6.45, 7) is 1.86. The van der Waals surface area contributed by atoms with Crippen molar-refractivity contribution < 1.29 is 14.1 Å². The average Bonchev–Trinajstić information content (AvgIpc) is 3.34. The van der Waals surface area contributed by atoms with Gasteiger partial charge in [-0.1, -0.05) is 29.4 Å². The molecule has 0 saturated carbocycles. The van der Waals surface area contributed by atoms with E-state index in [1.165, 1.54) is 12.4 Å². The highest BCUT2D eigenvalue weighted by Crippen LogP contribution is 2.18. The Bertz CT molecular complexity index is 1080. The Morgan fingerprint density at radius 3 is 2.89 bits per heavy atom. The standard InChI is InChI=1S/C19H16N6O3/c1-12-15(10-22-25(12)13-6-3-2-4-7-13)19(27)21-11-16-23-17(24-28-16)14-8-5-9-20-18(14)26/h2-10,14H,11H2,1H3,(H,21,27). The van der Waals surface area contributed by atoms with Gasteiger partial charge < -0.3 is 9.84 Å². The lowest BCUT2D eigenvalue weighted by Gasteiger charge is -2.05. The smallest absolute Gasteiger partial charge is 0.260 e. The molecule has 0 radical (unpaired) electrons. The van der Waals surface area contributed by atoms with Crippen LogP contribution in [0.2, 0.25) is 0 Å². The van der Waals surface area contributed by atoms with Gasteiger partial charge in [-0.2, -0.15) is 10.1 Å². The van der Waals surface area contributed by atoms with E-state index in [9.17, 15) is 9.59 Å². The molecule has 0 bridgehead atoms. The predicted octanol–water partition coefficient (Wildman–Crippen LogP) is 1.74. The van der Waals surface area contributed by atoms with E-state index in [0.717, 1.165) is 5.69 Å². The van der Waals surface area contributed by atoms with Crippen molar-refractivity contribution in [3.63, 3.8) is 0 Å². The molecule has 3 aromatic rings. The van der Waals surface area contributed by atoms with Crippen molar-refractivity contribution in [3.8, 4) is 5.69 Å². The van der Waals surface area contributed by atoms with E-state index >= 15 is 0 Å². The van der Waals surface area contributed by atoms with Crippen LogP contribution in [0.5, 0.6) is 0 Å². The Morgan fingerprint density at radius 1 is 1.29 bits per heavy atom. The van der Waals surface area contributed by atoms with Gasteiger partial charge in [0.25, 0.3) is 11.8 Å². The number of carbonyl (C=O) groups excluding carboxylic acids is 2. The molecule has 1 aliphatic heterocycles. The first-order valence-corrected chi connectivity index (χ1v) is 8.59. The van der Waals surface area contributed by atoms with Crippen LogP contribution in [0.25, 0.3) is 5.69 Å². The van der Waals surface area contributed by atoms with Crippen LogP contribution in [0, 0.1) is 6.92 Å². The van der Waals surface area contributed by atoms with Gasteiger partial charge in [-0.05, 0) is 25.1 Å². The van der Waals surface area contributed by atoms with Crippen LogP contribution >= 0.6 is 0 Å². The number of hydrogen-bond acceptors (Lipinski definition) is 6. The first-order valence-electron chi connectivity index (χ1n) is 8.59. The van der Waals surface area contributed by atoms with Crippen molar-refractivity contribution in [1.29, 1.82) is 0 Å². The highest BCUT2D eigenvalue weighted by atomic mass is 16.5. The fraction of sp³-hybridized carbons (Fsp3) is 0.158. The van der Waals surface area contributed by atoms with E-state index in [0.29, 0.717) is 11.3 Å². The number of para-hydroxylation sites is 1. The molecule has 1 N–H and O–H groups in total. The van der Waals surface area contributed by atoms with Gasteiger partial charge in [0.15, 0.2) is 5.82 Å². The molecule has 2 amide bonds. The van der Waals surface area contributed by atoms with Gasteiger partial charge in [-0.3, -0.25) is 9.59 Å². The third-order valence-corrected chi connectivity index (χ3v) is 4.27. The summed E-state index contributed by atoms with van der Waals surface area (Å²) in [5, 5.41) is 10.8. The number of aromatic nitrogens is 4. The Balaban J connectivity index is 1.43. The van der Waals surface area contributed by atoms with E-state index in [1.54, 1.807) is 16.8 Å². The minimum atomic E-state index is -0.662. The molecule has 1 aromatic carbocycles. The number of dihydropyridines is 1. The second-order valence-electron chi connectivity index (χ2n) is 6.10. The van der Waals surface area contributed by atoms with Crippen LogP contribution in [0.3, 0.4) is 0 Å². The number of allylic oxidation sites excluding steroid dienone is 1. The van der Waals surface area contributed by atoms with Crippen LogP contribution in [-0.2, 0) is 11.3 Å². The lowest BCUT2D eigenvalue weighted by atomic mass is 10.1. The molecule has 1 unspecified atom stereocenters. The van der Waals surface area contributed by atoms with Crippen LogP contribution < -0.4 is 5.32 Å². The molecule has 1 atom stereocenters. The highest BCUT2D eigenvalue weighted by molar-refractivity contribution is 5.97. The number of amides is 2. The molecule has 140 valence electrons. The first-order chi connectivity index (χ1) is 13.6. The number of benzene rings is 1. The maximum Gasteiger partial charge on any atom is 0.260 e. The molecular weight excluding hydrogens is 360 g/mol. The molecular formula is C19H16N6O3. The van der Waals surface area contributed by atoms with Crippen molar-refractivity contribution >= 4 is 18.0 Å². The maximum atomic E-state index is 12.5. The molecule has 3 heterocycles. The van der Waals surface area contributed by atoms with Crippen molar-refractivity contribution in [2.75, 3.05) is 0 Å². The third kappa shape index (κ3) is 3.37. The van der Waals surface area contributed by atoms with E-state index in [-0.39, 0.29) is 30.1 Å². The van der Waals surface area contributed by atoms with Crippen molar-refractivity contribution in [3.05, 3.63) is 71.7 Å². The summed E-state index contributed by atoms with van der Waals surface area (Å²) in [6, 6.07) is 9.54. The number of aliphatic imine (C=N–C) groups is 1. The molecule has 2 aromatic heterocycles. The van der Waals surface area contributed by atoms with E-state index in [4.69, 9.17) is 4.52 Å². The van der Waals surface area contributed by atoms with Crippen LogP contribution in [0.15, 0.2) is 58.2 Å². The Labute approximate surface area is 159 Å². The molecule has 4 rings (SSSR count). The summed E-state index contributed by atoms with van der Waals surface area (Å²) in [7, 11) is 0. The van der Waals surface area contributed by atoms with Gasteiger partial charge in [0.05, 0.1) is 29.7 Å². The minimum absolute atomic E-state index is 0.0374. The lowest BCUT2D eigenvalue weighted by molar-refractivity contribution is -0.118. The third-order valence-electron chi connectivity index (χ3n) is 4.27. The normalized spacial score (nSPS) is 15.8. The Morgan fingerprint density at radius 2 is 2.11 bits per heavy atom. The second-order valence-corrected chi connectivity index (χ2v) is 6.10. The van der Waals surface area contributed by atoms with Crippen LogP contribution in [-0.4, -0.2) is 38.0 Å². The Kier molecular flexibility index (Phi) is 4.63. The molecule has 28 heavy (non-hydrogen) atoms. The second kappa shape index (κ2) is 7.39. The zero-order valence-corrected chi connectivity index (χ0v) is 14.9. The Hall–Kier alpha value is -3.88. The van der Waals surface area contributed by atoms with Gasteiger partial charge >= 0.3 is 0 Å². The number of nitrogens with zero attached hydrogens (tertiary/aromatic N) is 5. The number of rotatable bonds is 5. The fourth-order valence-electron chi connectivity index (χ4n) is 2.82. The van der Waals surface area contributed by atoms with Gasteiger partial charge in [0.1, 0.15) is 5.92 Å². The highest BCUT2D eigenvalue weighted by Gasteiger charge is 2.24. The minimum Gasteiger partial charge on any atom is -0.343 e. The molecule has 0 saturated heterocycles. The van der Waals surface area contributed by atoms with Crippen molar-refractivity contribution in [2.45, 2.75) is 19.4 Å². The van der Waals surface area contributed by atoms with Gasteiger partial charge in [-0.25, -0.2) is 9.67 Å². The van der Waals surface area contributed by atoms with Gasteiger partial charge in [-0.15, -0.1) is 0 Å². The summed E-state index contributed by atoms with van der Waals surface area (Å²) in [5.41, 5.74) is 2.03. The molecule has 0 spiro atoms. The number of nitrogens with one attached hydrogen (secondary N) is 1. The summed E-state index contributed by atoms with van der Waals surface area (Å²) in [4.78, 5) is 32.1. The topological polar surface area (TPSA) is 115 Å². The summed E-state index contributed by atoms with van der Waals surface area (Å²) >= 11 is 0. The largest absolute Gasteiger partial charge is 0.343 e. The lowest BCUT2D eigenvalue weighted by Crippen LogP contribution is -2.23. The monoisotopic (exact) mass is 376 g/mol. The molecule has 9 nitrogen and oxygen atoms in total. The van der Waals surface area contributed by atoms with E-state index < -0.39 is 5.92 Å². The first kappa shape index (κ1) is 17.5. The van der Waals surface area contributed by atoms with Gasteiger partial charge in [0.2, 0.25) is 5.89 Å². The average molecular weight is 376 g/mol. The number of carbonyl (C=O) groups is 2. The molecule has 1 aliphatic rings. The maximum absolute atomic E-state index is 12.5. The molecule has 0 aliphatic carbocycles. The summed E-state index contributed by atoms with van der Waals surface area (Å²) in [6.07, 6.45) is 6.22. The van der Waals surface area contributed by atoms with E-state index in [1.807, 2.05) is 37.3 Å². The van der Waals surface area contributed by atoms with Crippen LogP contribution in [0.1, 0.15) is 33.7 Å². The fourth-order valence-corrected chi connectivity index (χ4v) is 2.82. The van der Waals surface area contributed by atoms with Crippen LogP contribution in [0.4, 0.5) is 0 Å². The predicted molar refractivity (Wildman–Crippen MR) is 99.1 cm³/mol. The molecule has 9 heteroatoms. The molecule has 0 fully saturated rings. The van der Waals surface area contributed by atoms with E-state index in [2.05, 4.69) is 25.5 Å². The quantitative estimate of drug-likeness (QED) is 0.725. The zero-order valence-electron chi connectivity index (χ0n) is 14.9. The van der Waals surface area contributed by atoms with Gasteiger partial charge in [0, 0.05) is 6.21 Å². The SMILES string of the molecule is Cc1c(C(=O)NCc2nc(C3C=CC=NC3=O)no2)cnn1-c1ccccc1. The van der Waals surface area contributed by atoms with Crippen molar-refractivity contribution in [2.24, 2.45) is 4.99 Å².